The third-order valence-electron chi connectivity index (χ3n) is 3.42. The summed E-state index contributed by atoms with van der Waals surface area (Å²) in [5.41, 5.74) is 1.67. The summed E-state index contributed by atoms with van der Waals surface area (Å²) < 4.78 is 0. The van der Waals surface area contributed by atoms with Gasteiger partial charge in [-0.2, -0.15) is 0 Å². The van der Waals surface area contributed by atoms with Gasteiger partial charge in [0.1, 0.15) is 0 Å². The van der Waals surface area contributed by atoms with Crippen LogP contribution in [0.2, 0.25) is 0 Å². The molecule has 0 saturated carbocycles. The fraction of sp³-hybridized carbons (Fsp3) is 0.588. The molecule has 0 heterocycles. The number of amides is 1. The fourth-order valence-corrected chi connectivity index (χ4v) is 2.17. The smallest absolute Gasteiger partial charge is 0.253 e. The zero-order valence-corrected chi connectivity index (χ0v) is 12.7. The molecule has 0 aliphatic heterocycles. The highest BCUT2D eigenvalue weighted by Crippen LogP contribution is 2.11. The van der Waals surface area contributed by atoms with Crippen LogP contribution >= 0.6 is 0 Å². The van der Waals surface area contributed by atoms with Crippen LogP contribution in [-0.4, -0.2) is 30.5 Å². The molecule has 0 aliphatic rings. The van der Waals surface area contributed by atoms with Crippen LogP contribution in [0.3, 0.4) is 0 Å². The van der Waals surface area contributed by atoms with Crippen molar-refractivity contribution in [3.05, 3.63) is 35.4 Å². The lowest BCUT2D eigenvalue weighted by atomic mass is 10.1. The summed E-state index contributed by atoms with van der Waals surface area (Å²) in [4.78, 5) is 14.5. The van der Waals surface area contributed by atoms with Gasteiger partial charge in [0.05, 0.1) is 6.61 Å². The van der Waals surface area contributed by atoms with Crippen LogP contribution in [-0.2, 0) is 11.5 Å². The van der Waals surface area contributed by atoms with Crippen LogP contribution in [0.5, 0.6) is 0 Å². The molecule has 0 atom stereocenters. The van der Waals surface area contributed by atoms with Crippen LogP contribution in [0.15, 0.2) is 24.3 Å². The predicted octanol–water partition coefficient (Wildman–Crippen LogP) is 3.70. The Bertz CT molecular complexity index is 396. The SMILES string of the molecule is CCCCN(CCCC)C(=O)c1cccc(CC[O])c1. The van der Waals surface area contributed by atoms with E-state index in [1.54, 1.807) is 0 Å². The van der Waals surface area contributed by atoms with E-state index in [2.05, 4.69) is 13.8 Å². The molecule has 1 rings (SSSR count). The summed E-state index contributed by atoms with van der Waals surface area (Å²) >= 11 is 0. The highest BCUT2D eigenvalue weighted by molar-refractivity contribution is 5.94. The maximum atomic E-state index is 12.6. The Morgan fingerprint density at radius 3 is 2.30 bits per heavy atom. The third kappa shape index (κ3) is 5.33. The second kappa shape index (κ2) is 9.54. The highest BCUT2D eigenvalue weighted by atomic mass is 16.3. The van der Waals surface area contributed by atoms with Gasteiger partial charge in [-0.05, 0) is 37.0 Å². The van der Waals surface area contributed by atoms with Crippen molar-refractivity contribution in [3.63, 3.8) is 0 Å². The molecule has 1 aromatic carbocycles. The monoisotopic (exact) mass is 276 g/mol. The molecule has 0 bridgehead atoms. The standard InChI is InChI=1S/C17H26NO2/c1-3-5-11-18(12-6-4-2)17(20)16-9-7-8-15(14-16)10-13-19/h7-9,14H,3-6,10-13H2,1-2H3. The molecule has 3 heteroatoms. The summed E-state index contributed by atoms with van der Waals surface area (Å²) in [5, 5.41) is 10.7. The summed E-state index contributed by atoms with van der Waals surface area (Å²) in [6.45, 7) is 5.78. The second-order valence-corrected chi connectivity index (χ2v) is 5.15. The van der Waals surface area contributed by atoms with Crippen molar-refractivity contribution in [2.24, 2.45) is 0 Å². The van der Waals surface area contributed by atoms with Gasteiger partial charge >= 0.3 is 0 Å². The molecule has 0 saturated heterocycles. The number of nitrogens with zero attached hydrogens (tertiary/aromatic N) is 1. The van der Waals surface area contributed by atoms with Gasteiger partial charge < -0.3 is 4.90 Å². The van der Waals surface area contributed by atoms with Crippen molar-refractivity contribution >= 4 is 5.91 Å². The van der Waals surface area contributed by atoms with Crippen molar-refractivity contribution < 1.29 is 9.90 Å². The van der Waals surface area contributed by atoms with Gasteiger partial charge in [-0.15, -0.1) is 0 Å². The van der Waals surface area contributed by atoms with E-state index in [9.17, 15) is 9.90 Å². The van der Waals surface area contributed by atoms with Crippen LogP contribution in [0, 0.1) is 0 Å². The lowest BCUT2D eigenvalue weighted by molar-refractivity contribution is 0.0751. The molecule has 3 nitrogen and oxygen atoms in total. The number of rotatable bonds is 9. The van der Waals surface area contributed by atoms with Crippen LogP contribution < -0.4 is 0 Å². The Labute approximate surface area is 122 Å². The quantitative estimate of drug-likeness (QED) is 0.678. The minimum atomic E-state index is -0.132. The summed E-state index contributed by atoms with van der Waals surface area (Å²) in [6, 6.07) is 7.50. The number of benzene rings is 1. The molecular weight excluding hydrogens is 250 g/mol. The normalized spacial score (nSPS) is 10.6. The summed E-state index contributed by atoms with van der Waals surface area (Å²) in [7, 11) is 0. The molecule has 0 N–H and O–H groups in total. The van der Waals surface area contributed by atoms with Gasteiger partial charge in [-0.3, -0.25) is 4.79 Å². The van der Waals surface area contributed by atoms with Gasteiger partial charge in [-0.25, -0.2) is 5.11 Å². The second-order valence-electron chi connectivity index (χ2n) is 5.15. The first-order valence-corrected chi connectivity index (χ1v) is 7.69. The summed E-state index contributed by atoms with van der Waals surface area (Å²) in [6.07, 6.45) is 4.74. The maximum Gasteiger partial charge on any atom is 0.253 e. The van der Waals surface area contributed by atoms with Crippen LogP contribution in [0.1, 0.15) is 55.5 Å². The van der Waals surface area contributed by atoms with Gasteiger partial charge in [0.25, 0.3) is 5.91 Å². The molecule has 1 amide bonds. The van der Waals surface area contributed by atoms with E-state index in [0.717, 1.165) is 44.3 Å². The first-order valence-electron chi connectivity index (χ1n) is 7.69. The molecule has 0 aromatic heterocycles. The molecule has 1 aromatic rings. The molecule has 1 radical (unpaired) electrons. The Morgan fingerprint density at radius 2 is 1.75 bits per heavy atom. The molecular formula is C17H26NO2. The largest absolute Gasteiger partial charge is 0.339 e. The number of hydrogen-bond donors (Lipinski definition) is 0. The minimum absolute atomic E-state index is 0.0969. The Hall–Kier alpha value is -1.35. The van der Waals surface area contributed by atoms with E-state index in [0.29, 0.717) is 12.0 Å². The van der Waals surface area contributed by atoms with Gasteiger partial charge in [-0.1, -0.05) is 38.8 Å². The highest BCUT2D eigenvalue weighted by Gasteiger charge is 2.15. The zero-order valence-electron chi connectivity index (χ0n) is 12.7. The fourth-order valence-electron chi connectivity index (χ4n) is 2.17. The molecule has 0 aliphatic carbocycles. The lowest BCUT2D eigenvalue weighted by Gasteiger charge is -2.22. The van der Waals surface area contributed by atoms with E-state index in [4.69, 9.17) is 0 Å². The van der Waals surface area contributed by atoms with Crippen molar-refractivity contribution in [1.29, 1.82) is 0 Å². The molecule has 0 spiro atoms. The number of unbranched alkanes of at least 4 members (excludes halogenated alkanes) is 2. The van der Waals surface area contributed by atoms with Crippen molar-refractivity contribution in [1.82, 2.24) is 4.90 Å². The average molecular weight is 276 g/mol. The zero-order chi connectivity index (χ0) is 14.8. The average Bonchev–Trinajstić information content (AvgIpc) is 2.47. The van der Waals surface area contributed by atoms with E-state index < -0.39 is 0 Å². The van der Waals surface area contributed by atoms with E-state index in [-0.39, 0.29) is 12.5 Å². The number of carbonyl (C=O) groups is 1. The molecule has 111 valence electrons. The molecule has 20 heavy (non-hydrogen) atoms. The lowest BCUT2D eigenvalue weighted by Crippen LogP contribution is -2.33. The first kappa shape index (κ1) is 16.7. The van der Waals surface area contributed by atoms with Gasteiger partial charge in [0.2, 0.25) is 0 Å². The van der Waals surface area contributed by atoms with Crippen LogP contribution in [0.25, 0.3) is 0 Å². The minimum Gasteiger partial charge on any atom is -0.339 e. The van der Waals surface area contributed by atoms with E-state index >= 15 is 0 Å². The Morgan fingerprint density at radius 1 is 1.10 bits per heavy atom. The van der Waals surface area contributed by atoms with Crippen LogP contribution in [0.4, 0.5) is 0 Å². The Kier molecular flexibility index (Phi) is 7.97. The van der Waals surface area contributed by atoms with Crippen molar-refractivity contribution in [3.8, 4) is 0 Å². The molecule has 0 fully saturated rings. The van der Waals surface area contributed by atoms with Crippen molar-refractivity contribution in [2.75, 3.05) is 19.7 Å². The molecule has 0 unspecified atom stereocenters. The number of carbonyl (C=O) groups excluding carboxylic acids is 1. The maximum absolute atomic E-state index is 12.6. The summed E-state index contributed by atoms with van der Waals surface area (Å²) in [5.74, 6) is 0.0969. The van der Waals surface area contributed by atoms with E-state index in [1.807, 2.05) is 29.2 Å². The van der Waals surface area contributed by atoms with E-state index in [1.165, 1.54) is 0 Å². The topological polar surface area (TPSA) is 40.2 Å². The van der Waals surface area contributed by atoms with Gasteiger partial charge in [0, 0.05) is 18.7 Å². The number of hydrogen-bond acceptors (Lipinski definition) is 1. The first-order chi connectivity index (χ1) is 9.72. The van der Waals surface area contributed by atoms with Crippen molar-refractivity contribution in [2.45, 2.75) is 46.0 Å². The Balaban J connectivity index is 2.78. The third-order valence-corrected chi connectivity index (χ3v) is 3.42. The van der Waals surface area contributed by atoms with Gasteiger partial charge in [0.15, 0.2) is 0 Å². The predicted molar refractivity (Wildman–Crippen MR) is 81.4 cm³/mol.